The minimum Gasteiger partial charge on any atom is -0.355 e. The quantitative estimate of drug-likeness (QED) is 0.832. The SMILES string of the molecule is N[C@@H]1CN(C(=O)CCNC(=O)Cc2ccccc2)C[C@H]1c1ccccc1. The second kappa shape index (κ2) is 8.63. The summed E-state index contributed by atoms with van der Waals surface area (Å²) in [6.07, 6.45) is 0.633. The van der Waals surface area contributed by atoms with Crippen LogP contribution in [0.25, 0.3) is 0 Å². The molecule has 5 heteroatoms. The van der Waals surface area contributed by atoms with E-state index in [0.717, 1.165) is 5.56 Å². The molecule has 3 N–H and O–H groups in total. The number of hydrogen-bond acceptors (Lipinski definition) is 3. The maximum atomic E-state index is 12.4. The monoisotopic (exact) mass is 351 g/mol. The molecule has 0 aliphatic carbocycles. The second-order valence-electron chi connectivity index (χ2n) is 6.74. The predicted octanol–water partition coefficient (Wildman–Crippen LogP) is 1.69. The van der Waals surface area contributed by atoms with Crippen molar-refractivity contribution in [3.63, 3.8) is 0 Å². The van der Waals surface area contributed by atoms with E-state index in [2.05, 4.69) is 17.4 Å². The molecule has 0 saturated carbocycles. The third kappa shape index (κ3) is 4.70. The van der Waals surface area contributed by atoms with Crippen LogP contribution in [0.5, 0.6) is 0 Å². The van der Waals surface area contributed by atoms with Crippen LogP contribution in [0.2, 0.25) is 0 Å². The Morgan fingerprint density at radius 3 is 2.35 bits per heavy atom. The minimum absolute atomic E-state index is 0.0406. The van der Waals surface area contributed by atoms with Gasteiger partial charge in [0.05, 0.1) is 6.42 Å². The van der Waals surface area contributed by atoms with Crippen molar-refractivity contribution in [2.24, 2.45) is 5.73 Å². The highest BCUT2D eigenvalue weighted by atomic mass is 16.2. The molecule has 1 heterocycles. The lowest BCUT2D eigenvalue weighted by Crippen LogP contribution is -2.35. The smallest absolute Gasteiger partial charge is 0.224 e. The van der Waals surface area contributed by atoms with Crippen molar-refractivity contribution < 1.29 is 9.59 Å². The molecule has 0 spiro atoms. The molecule has 1 fully saturated rings. The van der Waals surface area contributed by atoms with Gasteiger partial charge >= 0.3 is 0 Å². The van der Waals surface area contributed by atoms with Crippen LogP contribution in [-0.4, -0.2) is 42.4 Å². The maximum absolute atomic E-state index is 12.4. The van der Waals surface area contributed by atoms with Gasteiger partial charge in [-0.05, 0) is 11.1 Å². The van der Waals surface area contributed by atoms with Gasteiger partial charge in [0.1, 0.15) is 0 Å². The Bertz CT molecular complexity index is 733. The molecule has 1 saturated heterocycles. The largest absolute Gasteiger partial charge is 0.355 e. The average molecular weight is 351 g/mol. The Morgan fingerprint density at radius 1 is 1.00 bits per heavy atom. The summed E-state index contributed by atoms with van der Waals surface area (Å²) in [6, 6.07) is 19.6. The lowest BCUT2D eigenvalue weighted by molar-refractivity contribution is -0.130. The topological polar surface area (TPSA) is 75.4 Å². The van der Waals surface area contributed by atoms with Gasteiger partial charge in [-0.15, -0.1) is 0 Å². The van der Waals surface area contributed by atoms with Crippen LogP contribution in [0.4, 0.5) is 0 Å². The third-order valence-corrected chi connectivity index (χ3v) is 4.81. The van der Waals surface area contributed by atoms with Crippen molar-refractivity contribution in [2.75, 3.05) is 19.6 Å². The average Bonchev–Trinajstić information content (AvgIpc) is 3.05. The molecular formula is C21H25N3O2. The first-order valence-electron chi connectivity index (χ1n) is 9.02. The molecule has 3 rings (SSSR count). The lowest BCUT2D eigenvalue weighted by Gasteiger charge is -2.16. The Labute approximate surface area is 154 Å². The van der Waals surface area contributed by atoms with E-state index in [9.17, 15) is 9.59 Å². The first-order chi connectivity index (χ1) is 12.6. The van der Waals surface area contributed by atoms with Crippen LogP contribution < -0.4 is 11.1 Å². The molecule has 26 heavy (non-hydrogen) atoms. The van der Waals surface area contributed by atoms with Crippen molar-refractivity contribution in [1.29, 1.82) is 0 Å². The molecule has 5 nitrogen and oxygen atoms in total. The number of hydrogen-bond donors (Lipinski definition) is 2. The molecule has 1 aliphatic heterocycles. The molecule has 136 valence electrons. The Morgan fingerprint density at radius 2 is 1.65 bits per heavy atom. The summed E-state index contributed by atoms with van der Waals surface area (Å²) in [7, 11) is 0. The Hall–Kier alpha value is -2.66. The number of amides is 2. The minimum atomic E-state index is -0.0655. The van der Waals surface area contributed by atoms with E-state index in [1.54, 1.807) is 0 Å². The van der Waals surface area contributed by atoms with Gasteiger partial charge < -0.3 is 16.0 Å². The number of benzene rings is 2. The van der Waals surface area contributed by atoms with Crippen LogP contribution in [0.3, 0.4) is 0 Å². The lowest BCUT2D eigenvalue weighted by atomic mass is 9.95. The molecule has 2 amide bonds. The maximum Gasteiger partial charge on any atom is 0.224 e. The van der Waals surface area contributed by atoms with Crippen LogP contribution in [0, 0.1) is 0 Å². The summed E-state index contributed by atoms with van der Waals surface area (Å²) < 4.78 is 0. The Kier molecular flexibility index (Phi) is 6.02. The first kappa shape index (κ1) is 18.1. The molecule has 0 unspecified atom stereocenters. The van der Waals surface area contributed by atoms with Gasteiger partial charge in [-0.3, -0.25) is 9.59 Å². The summed E-state index contributed by atoms with van der Waals surface area (Å²) in [5, 5.41) is 2.82. The van der Waals surface area contributed by atoms with E-state index >= 15 is 0 Å². The van der Waals surface area contributed by atoms with Crippen molar-refractivity contribution in [3.8, 4) is 0 Å². The van der Waals surface area contributed by atoms with Gasteiger partial charge in [-0.1, -0.05) is 60.7 Å². The highest BCUT2D eigenvalue weighted by Gasteiger charge is 2.33. The van der Waals surface area contributed by atoms with E-state index in [0.29, 0.717) is 32.5 Å². The standard InChI is InChI=1S/C21H25N3O2/c22-19-15-24(14-18(19)17-9-5-2-6-10-17)21(26)11-12-23-20(25)13-16-7-3-1-4-8-16/h1-10,18-19H,11-15,22H2,(H,23,25)/t18-,19+/m0/s1. The number of likely N-dealkylation sites (tertiary alicyclic amines) is 1. The molecule has 1 aliphatic rings. The van der Waals surface area contributed by atoms with E-state index in [1.807, 2.05) is 53.4 Å². The molecule has 0 radical (unpaired) electrons. The van der Waals surface area contributed by atoms with Crippen molar-refractivity contribution in [2.45, 2.75) is 24.8 Å². The molecule has 2 atom stereocenters. The van der Waals surface area contributed by atoms with Crippen molar-refractivity contribution >= 4 is 11.8 Å². The van der Waals surface area contributed by atoms with Crippen LogP contribution >= 0.6 is 0 Å². The molecule has 0 bridgehead atoms. The molecule has 2 aromatic carbocycles. The summed E-state index contributed by atoms with van der Waals surface area (Å²) in [5.41, 5.74) is 8.38. The van der Waals surface area contributed by atoms with E-state index in [4.69, 9.17) is 5.73 Å². The highest BCUT2D eigenvalue weighted by Crippen LogP contribution is 2.26. The van der Waals surface area contributed by atoms with Gasteiger partial charge in [-0.25, -0.2) is 0 Å². The zero-order valence-electron chi connectivity index (χ0n) is 14.8. The summed E-state index contributed by atoms with van der Waals surface area (Å²) in [4.78, 5) is 26.2. The van der Waals surface area contributed by atoms with Crippen molar-refractivity contribution in [1.82, 2.24) is 10.2 Å². The number of carbonyl (C=O) groups is 2. The fraction of sp³-hybridized carbons (Fsp3) is 0.333. The number of nitrogens with two attached hydrogens (primary N) is 1. The van der Waals surface area contributed by atoms with Gasteiger partial charge in [0.2, 0.25) is 11.8 Å². The number of rotatable bonds is 6. The number of nitrogens with one attached hydrogen (secondary N) is 1. The second-order valence-corrected chi connectivity index (χ2v) is 6.74. The zero-order chi connectivity index (χ0) is 18.4. The van der Waals surface area contributed by atoms with Crippen LogP contribution in [0.1, 0.15) is 23.5 Å². The van der Waals surface area contributed by atoms with Crippen molar-refractivity contribution in [3.05, 3.63) is 71.8 Å². The van der Waals surface area contributed by atoms with E-state index < -0.39 is 0 Å². The van der Waals surface area contributed by atoms with Gasteiger partial charge in [-0.2, -0.15) is 0 Å². The van der Waals surface area contributed by atoms with Crippen LogP contribution in [0.15, 0.2) is 60.7 Å². The number of carbonyl (C=O) groups excluding carboxylic acids is 2. The van der Waals surface area contributed by atoms with E-state index in [-0.39, 0.29) is 23.8 Å². The fourth-order valence-corrected chi connectivity index (χ4v) is 3.40. The zero-order valence-corrected chi connectivity index (χ0v) is 14.8. The Balaban J connectivity index is 1.43. The van der Waals surface area contributed by atoms with E-state index in [1.165, 1.54) is 5.56 Å². The third-order valence-electron chi connectivity index (χ3n) is 4.81. The fourth-order valence-electron chi connectivity index (χ4n) is 3.40. The summed E-state index contributed by atoms with van der Waals surface area (Å²) in [6.45, 7) is 1.56. The highest BCUT2D eigenvalue weighted by molar-refractivity contribution is 5.80. The van der Waals surface area contributed by atoms with Crippen LogP contribution in [-0.2, 0) is 16.0 Å². The normalized spacial score (nSPS) is 19.3. The van der Waals surface area contributed by atoms with Gasteiger partial charge in [0.15, 0.2) is 0 Å². The van der Waals surface area contributed by atoms with Gasteiger partial charge in [0, 0.05) is 38.0 Å². The first-order valence-corrected chi connectivity index (χ1v) is 9.02. The molecule has 0 aromatic heterocycles. The summed E-state index contributed by atoms with van der Waals surface area (Å²) in [5.74, 6) is 0.149. The number of nitrogens with zero attached hydrogens (tertiary/aromatic N) is 1. The predicted molar refractivity (Wildman–Crippen MR) is 102 cm³/mol. The summed E-state index contributed by atoms with van der Waals surface area (Å²) >= 11 is 0. The molecular weight excluding hydrogens is 326 g/mol. The molecule has 2 aromatic rings. The van der Waals surface area contributed by atoms with Gasteiger partial charge in [0.25, 0.3) is 0 Å².